The molecule has 192 valence electrons. The molecule has 1 saturated heterocycles. The zero-order valence-electron chi connectivity index (χ0n) is 21.3. The van der Waals surface area contributed by atoms with Crippen LogP contribution >= 0.6 is 0 Å². The number of alkyl halides is 2. The van der Waals surface area contributed by atoms with Crippen LogP contribution in [0.2, 0.25) is 0 Å². The molecule has 1 fully saturated rings. The number of aliphatic hydroxyl groups is 1. The molecule has 0 aliphatic carbocycles. The molecule has 0 amide bonds. The number of rotatable bonds is 5. The minimum Gasteiger partial charge on any atom is -0.434 e. The maximum absolute atomic E-state index is 13.4. The molecule has 0 spiro atoms. The van der Waals surface area contributed by atoms with Crippen molar-refractivity contribution in [2.75, 3.05) is 4.90 Å². The quantitative estimate of drug-likeness (QED) is 0.439. The van der Waals surface area contributed by atoms with Crippen LogP contribution in [-0.2, 0) is 5.60 Å². The number of ether oxygens (including phenoxy) is 1. The van der Waals surface area contributed by atoms with Gasteiger partial charge in [0.2, 0.25) is 0 Å². The average Bonchev–Trinajstić information content (AvgIpc) is 3.00. The van der Waals surface area contributed by atoms with Gasteiger partial charge < -0.3 is 20.1 Å². The Morgan fingerprint density at radius 3 is 2.51 bits per heavy atom. The molecule has 0 radical (unpaired) electrons. The smallest absolute Gasteiger partial charge is 0.387 e. The second kappa shape index (κ2) is 8.66. The number of fused-ring (bicyclic) bond motifs is 4. The fraction of sp³-hybridized carbons (Fsp3) is 0.310. The highest BCUT2D eigenvalue weighted by atomic mass is 19.3. The number of benzene rings is 2. The molecule has 6 nitrogen and oxygen atoms in total. The van der Waals surface area contributed by atoms with Crippen molar-refractivity contribution in [3.8, 4) is 16.9 Å². The molecular weight excluding hydrogens is 474 g/mol. The minimum atomic E-state index is -2.95. The van der Waals surface area contributed by atoms with Crippen LogP contribution in [0.5, 0.6) is 5.75 Å². The molecule has 5 rings (SSSR count). The van der Waals surface area contributed by atoms with Gasteiger partial charge in [-0.05, 0) is 51.0 Å². The third-order valence-electron chi connectivity index (χ3n) is 7.21. The molecule has 1 aromatic heterocycles. The van der Waals surface area contributed by atoms with Crippen molar-refractivity contribution in [1.82, 2.24) is 15.3 Å². The normalized spacial score (nSPS) is 21.1. The van der Waals surface area contributed by atoms with Crippen LogP contribution in [0.3, 0.4) is 0 Å². The molecule has 2 aliphatic heterocycles. The van der Waals surface area contributed by atoms with Gasteiger partial charge in [0.1, 0.15) is 11.4 Å². The monoisotopic (exact) mass is 504 g/mol. The maximum Gasteiger partial charge on any atom is 0.387 e. The van der Waals surface area contributed by atoms with Gasteiger partial charge in [0.15, 0.2) is 5.82 Å². The van der Waals surface area contributed by atoms with Crippen LogP contribution in [0, 0.1) is 6.92 Å². The van der Waals surface area contributed by atoms with E-state index in [0.29, 0.717) is 23.5 Å². The fourth-order valence-electron chi connectivity index (χ4n) is 5.31. The predicted octanol–water partition coefficient (Wildman–Crippen LogP) is 6.08. The highest BCUT2D eigenvalue weighted by Gasteiger charge is 2.49. The average molecular weight is 505 g/mol. The Hall–Kier alpha value is -3.78. The minimum absolute atomic E-state index is 0.133. The van der Waals surface area contributed by atoms with Crippen LogP contribution in [0.15, 0.2) is 67.6 Å². The lowest BCUT2D eigenvalue weighted by atomic mass is 9.93. The van der Waals surface area contributed by atoms with Crippen molar-refractivity contribution in [2.45, 2.75) is 57.9 Å². The van der Waals surface area contributed by atoms with Crippen molar-refractivity contribution in [1.29, 1.82) is 0 Å². The number of nitrogens with one attached hydrogen (secondary N) is 1. The Bertz CT molecular complexity index is 1400. The van der Waals surface area contributed by atoms with Crippen LogP contribution < -0.4 is 15.0 Å². The van der Waals surface area contributed by atoms with Crippen LogP contribution in [0.4, 0.5) is 14.5 Å². The number of hydrogen-bond acceptors (Lipinski definition) is 6. The first-order valence-electron chi connectivity index (χ1n) is 12.1. The Labute approximate surface area is 215 Å². The molecule has 37 heavy (non-hydrogen) atoms. The summed E-state index contributed by atoms with van der Waals surface area (Å²) in [5, 5.41) is 13.7. The summed E-state index contributed by atoms with van der Waals surface area (Å²) in [4.78, 5) is 10.8. The molecule has 2 N–H and O–H groups in total. The molecule has 2 aromatic carbocycles. The first-order chi connectivity index (χ1) is 17.4. The first-order valence-corrected chi connectivity index (χ1v) is 12.1. The standard InChI is InChI=1S/C29H30F2N4O2/c1-16-10-11-19(20-14-32-26(33-15-20)28(4,5)36)12-22(16)35-18(3)29(6)13-23(35)25-21(17(2)34-29)8-7-9-24(25)37-27(30)31/h7-12,14-15,23,27,34,36H,2-3,13H2,1,4-6H3. The van der Waals surface area contributed by atoms with Crippen molar-refractivity contribution in [3.05, 3.63) is 90.2 Å². The highest BCUT2D eigenvalue weighted by molar-refractivity contribution is 5.78. The lowest BCUT2D eigenvalue weighted by Crippen LogP contribution is -2.41. The van der Waals surface area contributed by atoms with Crippen molar-refractivity contribution < 1.29 is 18.6 Å². The summed E-state index contributed by atoms with van der Waals surface area (Å²) in [5.74, 6) is 0.470. The number of aromatic nitrogens is 2. The van der Waals surface area contributed by atoms with E-state index in [4.69, 9.17) is 4.74 Å². The van der Waals surface area contributed by atoms with E-state index >= 15 is 0 Å². The highest BCUT2D eigenvalue weighted by Crippen LogP contribution is 2.54. The summed E-state index contributed by atoms with van der Waals surface area (Å²) in [7, 11) is 0. The summed E-state index contributed by atoms with van der Waals surface area (Å²) < 4.78 is 31.8. The van der Waals surface area contributed by atoms with Gasteiger partial charge in [0, 0.05) is 52.6 Å². The second-order valence-electron chi connectivity index (χ2n) is 10.4. The molecule has 2 atom stereocenters. The molecule has 0 saturated carbocycles. The lowest BCUT2D eigenvalue weighted by molar-refractivity contribution is -0.0506. The number of halogens is 2. The van der Waals surface area contributed by atoms with E-state index in [1.807, 2.05) is 31.2 Å². The molecule has 3 aromatic rings. The predicted molar refractivity (Wildman–Crippen MR) is 140 cm³/mol. The van der Waals surface area contributed by atoms with Crippen LogP contribution in [0.25, 0.3) is 16.8 Å². The van der Waals surface area contributed by atoms with Crippen molar-refractivity contribution in [3.63, 3.8) is 0 Å². The molecule has 3 heterocycles. The summed E-state index contributed by atoms with van der Waals surface area (Å²) in [5.41, 5.74) is 4.75. The molecule has 2 aliphatic rings. The van der Waals surface area contributed by atoms with Gasteiger partial charge in [-0.3, -0.25) is 0 Å². The summed E-state index contributed by atoms with van der Waals surface area (Å²) in [6.07, 6.45) is 3.97. The summed E-state index contributed by atoms with van der Waals surface area (Å²) in [6, 6.07) is 10.9. The van der Waals surface area contributed by atoms with E-state index in [9.17, 15) is 13.9 Å². The van der Waals surface area contributed by atoms with E-state index in [0.717, 1.165) is 33.6 Å². The molecule has 2 bridgehead atoms. The molecule has 2 unspecified atom stereocenters. The van der Waals surface area contributed by atoms with Gasteiger partial charge in [-0.2, -0.15) is 8.78 Å². The van der Waals surface area contributed by atoms with Crippen LogP contribution in [0.1, 0.15) is 55.7 Å². The maximum atomic E-state index is 13.4. The van der Waals surface area contributed by atoms with Gasteiger partial charge >= 0.3 is 6.61 Å². The van der Waals surface area contributed by atoms with Gasteiger partial charge in [-0.1, -0.05) is 37.4 Å². The topological polar surface area (TPSA) is 70.5 Å². The summed E-state index contributed by atoms with van der Waals surface area (Å²) >= 11 is 0. The van der Waals surface area contributed by atoms with E-state index < -0.39 is 17.8 Å². The van der Waals surface area contributed by atoms with E-state index in [-0.39, 0.29) is 11.8 Å². The largest absolute Gasteiger partial charge is 0.434 e. The zero-order chi connectivity index (χ0) is 26.7. The van der Waals surface area contributed by atoms with Crippen molar-refractivity contribution >= 4 is 11.4 Å². The van der Waals surface area contributed by atoms with Gasteiger partial charge in [0.25, 0.3) is 0 Å². The number of hydrogen-bond donors (Lipinski definition) is 2. The van der Waals surface area contributed by atoms with Gasteiger partial charge in [-0.25, -0.2) is 9.97 Å². The Balaban J connectivity index is 1.64. The van der Waals surface area contributed by atoms with Crippen molar-refractivity contribution in [2.24, 2.45) is 0 Å². The first kappa shape index (κ1) is 24.9. The number of nitrogens with zero attached hydrogens (tertiary/aromatic N) is 3. The van der Waals surface area contributed by atoms with Gasteiger partial charge in [-0.15, -0.1) is 0 Å². The third-order valence-corrected chi connectivity index (χ3v) is 7.21. The molecule has 8 heteroatoms. The summed E-state index contributed by atoms with van der Waals surface area (Å²) in [6.45, 7) is 13.0. The van der Waals surface area contributed by atoms with Gasteiger partial charge in [0.05, 0.1) is 11.6 Å². The van der Waals surface area contributed by atoms with E-state index in [2.05, 4.69) is 40.3 Å². The fourth-order valence-corrected chi connectivity index (χ4v) is 5.31. The lowest BCUT2D eigenvalue weighted by Gasteiger charge is -2.36. The Kier molecular flexibility index (Phi) is 5.83. The van der Waals surface area contributed by atoms with E-state index in [1.165, 1.54) is 0 Å². The second-order valence-corrected chi connectivity index (χ2v) is 10.4. The third kappa shape index (κ3) is 4.25. The number of aryl methyl sites for hydroxylation is 1. The molecular formula is C29H30F2N4O2. The Morgan fingerprint density at radius 1 is 1.16 bits per heavy atom. The van der Waals surface area contributed by atoms with E-state index in [1.54, 1.807) is 38.4 Å². The SMILES string of the molecule is C=C1NC2(C)CC(c3c(OC(F)F)cccc31)N(c1cc(-c3cnc(C(C)(C)O)nc3)ccc1C)C2=C. The zero-order valence-corrected chi connectivity index (χ0v) is 21.3. The number of anilines is 1. The Morgan fingerprint density at radius 2 is 1.86 bits per heavy atom. The van der Waals surface area contributed by atoms with Crippen LogP contribution in [-0.4, -0.2) is 27.2 Å².